The minimum atomic E-state index is 0.617. The van der Waals surface area contributed by atoms with Gasteiger partial charge in [-0.1, -0.05) is 26.0 Å². The van der Waals surface area contributed by atoms with Crippen molar-refractivity contribution in [3.05, 3.63) is 29.8 Å². The third-order valence-corrected chi connectivity index (χ3v) is 4.25. The van der Waals surface area contributed by atoms with Gasteiger partial charge >= 0.3 is 0 Å². The van der Waals surface area contributed by atoms with Gasteiger partial charge in [0.25, 0.3) is 0 Å². The van der Waals surface area contributed by atoms with Gasteiger partial charge in [0.15, 0.2) is 0 Å². The fourth-order valence-electron chi connectivity index (χ4n) is 2.81. The Balaban J connectivity index is 1.73. The molecule has 0 aromatic heterocycles. The lowest BCUT2D eigenvalue weighted by Crippen LogP contribution is -2.37. The Morgan fingerprint density at radius 1 is 1.30 bits per heavy atom. The number of piperidine rings is 1. The topological polar surface area (TPSA) is 36.3 Å². The van der Waals surface area contributed by atoms with Gasteiger partial charge in [0.2, 0.25) is 0 Å². The maximum atomic E-state index is 9.01. The van der Waals surface area contributed by atoms with Crippen LogP contribution >= 0.6 is 0 Å². The Bertz CT molecular complexity index is 456. The monoisotopic (exact) mass is 272 g/mol. The van der Waals surface area contributed by atoms with Crippen LogP contribution in [0.25, 0.3) is 0 Å². The number of para-hydroxylation sites is 1. The molecule has 0 aliphatic carbocycles. The molecule has 2 rings (SSSR count). The van der Waals surface area contributed by atoms with Crippen LogP contribution in [0.5, 0.6) is 5.75 Å². The van der Waals surface area contributed by atoms with Crippen LogP contribution in [0, 0.1) is 23.2 Å². The first-order valence-electron chi connectivity index (χ1n) is 7.55. The normalized spacial score (nSPS) is 17.1. The first-order chi connectivity index (χ1) is 9.70. The zero-order valence-corrected chi connectivity index (χ0v) is 12.5. The molecule has 0 saturated carbocycles. The second-order valence-electron chi connectivity index (χ2n) is 5.88. The van der Waals surface area contributed by atoms with Crippen molar-refractivity contribution in [2.75, 3.05) is 26.2 Å². The lowest BCUT2D eigenvalue weighted by Gasteiger charge is -2.33. The lowest BCUT2D eigenvalue weighted by molar-refractivity contribution is 0.136. The quantitative estimate of drug-likeness (QED) is 0.825. The SMILES string of the molecule is CC(C)C1CCN(CCOc2ccccc2C#N)CC1. The predicted molar refractivity (Wildman–Crippen MR) is 80.7 cm³/mol. The Morgan fingerprint density at radius 2 is 2.00 bits per heavy atom. The molecule has 0 bridgehead atoms. The average molecular weight is 272 g/mol. The van der Waals surface area contributed by atoms with Crippen LogP contribution in [0.4, 0.5) is 0 Å². The van der Waals surface area contributed by atoms with Gasteiger partial charge in [-0.2, -0.15) is 5.26 Å². The summed E-state index contributed by atoms with van der Waals surface area (Å²) in [7, 11) is 0. The van der Waals surface area contributed by atoms with Gasteiger partial charge in [0.1, 0.15) is 18.4 Å². The number of nitriles is 1. The van der Waals surface area contributed by atoms with Crippen molar-refractivity contribution in [1.82, 2.24) is 4.90 Å². The third-order valence-electron chi connectivity index (χ3n) is 4.25. The number of hydrogen-bond acceptors (Lipinski definition) is 3. The number of likely N-dealkylation sites (tertiary alicyclic amines) is 1. The third kappa shape index (κ3) is 3.98. The minimum absolute atomic E-state index is 0.617. The van der Waals surface area contributed by atoms with Gasteiger partial charge in [-0.3, -0.25) is 4.90 Å². The van der Waals surface area contributed by atoms with Crippen LogP contribution in [0.15, 0.2) is 24.3 Å². The highest BCUT2D eigenvalue weighted by Crippen LogP contribution is 2.24. The van der Waals surface area contributed by atoms with Gasteiger partial charge in [-0.05, 0) is 49.9 Å². The molecule has 0 N–H and O–H groups in total. The van der Waals surface area contributed by atoms with Gasteiger partial charge in [0.05, 0.1) is 5.56 Å². The standard InChI is InChI=1S/C17H24N2O/c1-14(2)15-7-9-19(10-8-15)11-12-20-17-6-4-3-5-16(17)13-18/h3-6,14-15H,7-12H2,1-2H3. The molecule has 0 radical (unpaired) electrons. The van der Waals surface area contributed by atoms with Crippen LogP contribution in [0.1, 0.15) is 32.3 Å². The second-order valence-corrected chi connectivity index (χ2v) is 5.88. The summed E-state index contributed by atoms with van der Waals surface area (Å²) in [4.78, 5) is 2.47. The number of rotatable bonds is 5. The molecule has 1 aliphatic heterocycles. The van der Waals surface area contributed by atoms with E-state index in [4.69, 9.17) is 10.00 Å². The highest BCUT2D eigenvalue weighted by molar-refractivity contribution is 5.42. The molecule has 108 valence electrons. The first kappa shape index (κ1) is 14.9. The molecule has 1 aliphatic rings. The number of hydrogen-bond donors (Lipinski definition) is 0. The van der Waals surface area contributed by atoms with Crippen molar-refractivity contribution >= 4 is 0 Å². The Labute approximate surface area is 122 Å². The summed E-state index contributed by atoms with van der Waals surface area (Å²) in [6.45, 7) is 8.60. The molecule has 3 nitrogen and oxygen atoms in total. The summed E-state index contributed by atoms with van der Waals surface area (Å²) in [6.07, 6.45) is 2.60. The molecular weight excluding hydrogens is 248 g/mol. The van der Waals surface area contributed by atoms with Crippen molar-refractivity contribution in [3.8, 4) is 11.8 Å². The lowest BCUT2D eigenvalue weighted by atomic mass is 9.87. The van der Waals surface area contributed by atoms with E-state index in [-0.39, 0.29) is 0 Å². The average Bonchev–Trinajstić information content (AvgIpc) is 2.48. The van der Waals surface area contributed by atoms with Crippen LogP contribution < -0.4 is 4.74 Å². The van der Waals surface area contributed by atoms with Crippen LogP contribution in [-0.2, 0) is 0 Å². The van der Waals surface area contributed by atoms with Gasteiger partial charge < -0.3 is 4.74 Å². The van der Waals surface area contributed by atoms with Crippen molar-refractivity contribution in [1.29, 1.82) is 5.26 Å². The van der Waals surface area contributed by atoms with E-state index in [1.807, 2.05) is 18.2 Å². The molecular formula is C17H24N2O. The maximum Gasteiger partial charge on any atom is 0.137 e. The van der Waals surface area contributed by atoms with E-state index >= 15 is 0 Å². The van der Waals surface area contributed by atoms with E-state index in [0.29, 0.717) is 17.9 Å². The van der Waals surface area contributed by atoms with Crippen molar-refractivity contribution in [3.63, 3.8) is 0 Å². The van der Waals surface area contributed by atoms with Gasteiger partial charge in [-0.25, -0.2) is 0 Å². The van der Waals surface area contributed by atoms with Crippen molar-refractivity contribution < 1.29 is 4.74 Å². The maximum absolute atomic E-state index is 9.01. The fraction of sp³-hybridized carbons (Fsp3) is 0.588. The minimum Gasteiger partial charge on any atom is -0.491 e. The number of ether oxygens (including phenoxy) is 1. The van der Waals surface area contributed by atoms with Crippen molar-refractivity contribution in [2.24, 2.45) is 11.8 Å². The molecule has 1 aromatic carbocycles. The molecule has 1 fully saturated rings. The predicted octanol–water partition coefficient (Wildman–Crippen LogP) is 3.31. The fourth-order valence-corrected chi connectivity index (χ4v) is 2.81. The molecule has 0 atom stereocenters. The molecule has 20 heavy (non-hydrogen) atoms. The molecule has 0 spiro atoms. The molecule has 1 heterocycles. The first-order valence-corrected chi connectivity index (χ1v) is 7.55. The number of nitrogens with zero attached hydrogens (tertiary/aromatic N) is 2. The molecule has 0 amide bonds. The second kappa shape index (κ2) is 7.31. The van der Waals surface area contributed by atoms with E-state index in [1.165, 1.54) is 25.9 Å². The summed E-state index contributed by atoms with van der Waals surface area (Å²) in [5.74, 6) is 2.38. The van der Waals surface area contributed by atoms with Crippen LogP contribution in [-0.4, -0.2) is 31.1 Å². The molecule has 1 aromatic rings. The van der Waals surface area contributed by atoms with Crippen LogP contribution in [0.2, 0.25) is 0 Å². The van der Waals surface area contributed by atoms with E-state index in [0.717, 1.165) is 18.4 Å². The van der Waals surface area contributed by atoms with E-state index in [1.54, 1.807) is 6.07 Å². The molecule has 3 heteroatoms. The largest absolute Gasteiger partial charge is 0.491 e. The Hall–Kier alpha value is -1.53. The van der Waals surface area contributed by atoms with E-state index < -0.39 is 0 Å². The smallest absolute Gasteiger partial charge is 0.137 e. The summed E-state index contributed by atoms with van der Waals surface area (Å²) in [5.41, 5.74) is 0.617. The van der Waals surface area contributed by atoms with Crippen LogP contribution in [0.3, 0.4) is 0 Å². The highest BCUT2D eigenvalue weighted by Gasteiger charge is 2.21. The summed E-state index contributed by atoms with van der Waals surface area (Å²) in [5, 5.41) is 9.01. The summed E-state index contributed by atoms with van der Waals surface area (Å²) in [6, 6.07) is 9.59. The molecule has 1 saturated heterocycles. The van der Waals surface area contributed by atoms with Gasteiger partial charge in [0, 0.05) is 6.54 Å². The van der Waals surface area contributed by atoms with E-state index in [2.05, 4.69) is 24.8 Å². The Morgan fingerprint density at radius 3 is 2.65 bits per heavy atom. The summed E-state index contributed by atoms with van der Waals surface area (Å²) >= 11 is 0. The Kier molecular flexibility index (Phi) is 5.43. The van der Waals surface area contributed by atoms with Gasteiger partial charge in [-0.15, -0.1) is 0 Å². The highest BCUT2D eigenvalue weighted by atomic mass is 16.5. The number of benzene rings is 1. The summed E-state index contributed by atoms with van der Waals surface area (Å²) < 4.78 is 5.74. The zero-order chi connectivity index (χ0) is 14.4. The van der Waals surface area contributed by atoms with Crippen molar-refractivity contribution in [2.45, 2.75) is 26.7 Å². The zero-order valence-electron chi connectivity index (χ0n) is 12.5. The molecule has 0 unspecified atom stereocenters. The van der Waals surface area contributed by atoms with E-state index in [9.17, 15) is 0 Å².